The van der Waals surface area contributed by atoms with Crippen LogP contribution in [0.1, 0.15) is 32.3 Å². The number of halogens is 1. The molecule has 0 spiro atoms. The summed E-state index contributed by atoms with van der Waals surface area (Å²) in [6, 6.07) is 8.04. The quantitative estimate of drug-likeness (QED) is 0.826. The summed E-state index contributed by atoms with van der Waals surface area (Å²) in [5.74, 6) is 1.03. The minimum atomic E-state index is 0.168. The van der Waals surface area contributed by atoms with Crippen LogP contribution in [0.5, 0.6) is 0 Å². The third-order valence-corrected chi connectivity index (χ3v) is 3.83. The predicted octanol–water partition coefficient (Wildman–Crippen LogP) is 3.42. The molecule has 1 atom stereocenters. The SMILES string of the molecule is CC(C)C[C@H](CN)CC(=O)N(C)Cc1cccc(Br)c1. The molecule has 20 heavy (non-hydrogen) atoms. The summed E-state index contributed by atoms with van der Waals surface area (Å²) in [5, 5.41) is 0. The molecule has 3 nitrogen and oxygen atoms in total. The zero-order valence-corrected chi connectivity index (χ0v) is 14.2. The second-order valence-electron chi connectivity index (χ2n) is 5.82. The minimum Gasteiger partial charge on any atom is -0.341 e. The Bertz CT molecular complexity index is 434. The van der Waals surface area contributed by atoms with Gasteiger partial charge < -0.3 is 10.6 Å². The number of carbonyl (C=O) groups is 1. The van der Waals surface area contributed by atoms with Crippen molar-refractivity contribution in [3.63, 3.8) is 0 Å². The van der Waals surface area contributed by atoms with E-state index >= 15 is 0 Å². The highest BCUT2D eigenvalue weighted by atomic mass is 79.9. The van der Waals surface area contributed by atoms with Gasteiger partial charge in [0.1, 0.15) is 0 Å². The average molecular weight is 341 g/mol. The first-order valence-corrected chi connectivity index (χ1v) is 7.90. The second kappa shape index (κ2) is 8.42. The normalized spacial score (nSPS) is 12.5. The van der Waals surface area contributed by atoms with Crippen molar-refractivity contribution in [3.05, 3.63) is 34.3 Å². The summed E-state index contributed by atoms with van der Waals surface area (Å²) < 4.78 is 1.04. The van der Waals surface area contributed by atoms with Gasteiger partial charge >= 0.3 is 0 Å². The predicted molar refractivity (Wildman–Crippen MR) is 87.2 cm³/mol. The van der Waals surface area contributed by atoms with Crippen molar-refractivity contribution in [2.24, 2.45) is 17.6 Å². The first-order valence-electron chi connectivity index (χ1n) is 7.10. The van der Waals surface area contributed by atoms with Gasteiger partial charge in [-0.05, 0) is 42.5 Å². The molecule has 0 heterocycles. The van der Waals surface area contributed by atoms with Crippen LogP contribution in [-0.2, 0) is 11.3 Å². The molecule has 2 N–H and O–H groups in total. The first-order chi connectivity index (χ1) is 9.42. The largest absolute Gasteiger partial charge is 0.341 e. The lowest BCUT2D eigenvalue weighted by molar-refractivity contribution is -0.131. The summed E-state index contributed by atoms with van der Waals surface area (Å²) in [7, 11) is 1.85. The van der Waals surface area contributed by atoms with Gasteiger partial charge in [-0.2, -0.15) is 0 Å². The van der Waals surface area contributed by atoms with Crippen LogP contribution in [0.3, 0.4) is 0 Å². The third kappa shape index (κ3) is 6.06. The van der Waals surface area contributed by atoms with Crippen LogP contribution in [0.15, 0.2) is 28.7 Å². The van der Waals surface area contributed by atoms with E-state index in [0.29, 0.717) is 25.4 Å². The molecule has 0 saturated carbocycles. The number of benzene rings is 1. The van der Waals surface area contributed by atoms with E-state index in [4.69, 9.17) is 5.73 Å². The fourth-order valence-corrected chi connectivity index (χ4v) is 2.78. The Kier molecular flexibility index (Phi) is 7.24. The lowest BCUT2D eigenvalue weighted by Crippen LogP contribution is -2.30. The number of nitrogens with zero attached hydrogens (tertiary/aromatic N) is 1. The van der Waals surface area contributed by atoms with Crippen molar-refractivity contribution in [2.75, 3.05) is 13.6 Å². The van der Waals surface area contributed by atoms with Gasteiger partial charge in [0.15, 0.2) is 0 Å². The van der Waals surface area contributed by atoms with Gasteiger partial charge in [0, 0.05) is 24.5 Å². The maximum absolute atomic E-state index is 12.2. The van der Waals surface area contributed by atoms with Crippen LogP contribution in [0.25, 0.3) is 0 Å². The molecule has 4 heteroatoms. The number of nitrogens with two attached hydrogens (primary N) is 1. The molecule has 0 unspecified atom stereocenters. The van der Waals surface area contributed by atoms with Crippen LogP contribution in [-0.4, -0.2) is 24.4 Å². The molecule has 0 aliphatic heterocycles. The van der Waals surface area contributed by atoms with Gasteiger partial charge in [0.2, 0.25) is 5.91 Å². The molecule has 0 aliphatic rings. The number of hydrogen-bond acceptors (Lipinski definition) is 2. The molecule has 1 aromatic rings. The van der Waals surface area contributed by atoms with E-state index in [1.165, 1.54) is 0 Å². The molecular weight excluding hydrogens is 316 g/mol. The van der Waals surface area contributed by atoms with Crippen LogP contribution in [0, 0.1) is 11.8 Å². The molecule has 0 radical (unpaired) electrons. The van der Waals surface area contributed by atoms with Crippen molar-refractivity contribution in [1.29, 1.82) is 0 Å². The Labute approximate surface area is 130 Å². The van der Waals surface area contributed by atoms with Crippen molar-refractivity contribution in [3.8, 4) is 0 Å². The molecule has 0 bridgehead atoms. The second-order valence-corrected chi connectivity index (χ2v) is 6.73. The fourth-order valence-electron chi connectivity index (χ4n) is 2.33. The summed E-state index contributed by atoms with van der Waals surface area (Å²) in [6.45, 7) is 5.54. The fraction of sp³-hybridized carbons (Fsp3) is 0.562. The molecule has 112 valence electrons. The van der Waals surface area contributed by atoms with E-state index in [2.05, 4.69) is 29.8 Å². The molecule has 0 aliphatic carbocycles. The summed E-state index contributed by atoms with van der Waals surface area (Å²) in [6.07, 6.45) is 1.55. The smallest absolute Gasteiger partial charge is 0.222 e. The Balaban J connectivity index is 2.54. The molecule has 1 rings (SSSR count). The Morgan fingerprint density at radius 2 is 2.10 bits per heavy atom. The number of carbonyl (C=O) groups excluding carboxylic acids is 1. The van der Waals surface area contributed by atoms with Crippen LogP contribution in [0.4, 0.5) is 0 Å². The summed E-state index contributed by atoms with van der Waals surface area (Å²) in [4.78, 5) is 14.0. The van der Waals surface area contributed by atoms with E-state index < -0.39 is 0 Å². The van der Waals surface area contributed by atoms with E-state index in [1.807, 2.05) is 31.3 Å². The maximum atomic E-state index is 12.2. The zero-order chi connectivity index (χ0) is 15.1. The third-order valence-electron chi connectivity index (χ3n) is 3.34. The lowest BCUT2D eigenvalue weighted by atomic mass is 9.94. The highest BCUT2D eigenvalue weighted by Gasteiger charge is 2.17. The maximum Gasteiger partial charge on any atom is 0.222 e. The number of amides is 1. The topological polar surface area (TPSA) is 46.3 Å². The van der Waals surface area contributed by atoms with Crippen molar-refractivity contribution in [2.45, 2.75) is 33.2 Å². The van der Waals surface area contributed by atoms with Crippen LogP contribution >= 0.6 is 15.9 Å². The number of rotatable bonds is 7. The highest BCUT2D eigenvalue weighted by Crippen LogP contribution is 2.17. The van der Waals surface area contributed by atoms with E-state index in [1.54, 1.807) is 4.90 Å². The highest BCUT2D eigenvalue weighted by molar-refractivity contribution is 9.10. The molecule has 0 saturated heterocycles. The standard InChI is InChI=1S/C16H25BrN2O/c1-12(2)7-14(10-18)9-16(20)19(3)11-13-5-4-6-15(17)8-13/h4-6,8,12,14H,7,9-11,18H2,1-3H3/t14-/m0/s1. The monoisotopic (exact) mass is 340 g/mol. The van der Waals surface area contributed by atoms with E-state index in [-0.39, 0.29) is 11.8 Å². The van der Waals surface area contributed by atoms with E-state index in [0.717, 1.165) is 16.5 Å². The minimum absolute atomic E-state index is 0.168. The van der Waals surface area contributed by atoms with Gasteiger partial charge in [-0.15, -0.1) is 0 Å². The zero-order valence-electron chi connectivity index (χ0n) is 12.6. The molecular formula is C16H25BrN2O. The number of hydrogen-bond donors (Lipinski definition) is 1. The first kappa shape index (κ1) is 17.2. The van der Waals surface area contributed by atoms with Gasteiger partial charge in [-0.1, -0.05) is 41.9 Å². The summed E-state index contributed by atoms with van der Waals surface area (Å²) >= 11 is 3.45. The van der Waals surface area contributed by atoms with Gasteiger partial charge in [0.05, 0.1) is 0 Å². The lowest BCUT2D eigenvalue weighted by Gasteiger charge is -2.22. The van der Waals surface area contributed by atoms with Crippen LogP contribution < -0.4 is 5.73 Å². The summed E-state index contributed by atoms with van der Waals surface area (Å²) in [5.41, 5.74) is 6.89. The molecule has 0 aromatic heterocycles. The van der Waals surface area contributed by atoms with Gasteiger partial charge in [-0.3, -0.25) is 4.79 Å². The van der Waals surface area contributed by atoms with Crippen molar-refractivity contribution >= 4 is 21.8 Å². The van der Waals surface area contributed by atoms with Crippen molar-refractivity contribution in [1.82, 2.24) is 4.90 Å². The van der Waals surface area contributed by atoms with Crippen LogP contribution in [0.2, 0.25) is 0 Å². The Morgan fingerprint density at radius 3 is 2.65 bits per heavy atom. The van der Waals surface area contributed by atoms with Gasteiger partial charge in [0.25, 0.3) is 0 Å². The molecule has 1 amide bonds. The average Bonchev–Trinajstić information content (AvgIpc) is 2.37. The van der Waals surface area contributed by atoms with E-state index in [9.17, 15) is 4.79 Å². The van der Waals surface area contributed by atoms with Gasteiger partial charge in [-0.25, -0.2) is 0 Å². The van der Waals surface area contributed by atoms with Crippen molar-refractivity contribution < 1.29 is 4.79 Å². The Morgan fingerprint density at radius 1 is 1.40 bits per heavy atom. The Hall–Kier alpha value is -0.870. The molecule has 1 aromatic carbocycles. The molecule has 0 fully saturated rings.